The van der Waals surface area contributed by atoms with Crippen molar-refractivity contribution < 1.29 is 8.78 Å². The largest absolute Gasteiger partial charge is 0.258 e. The third-order valence-electron chi connectivity index (χ3n) is 2.12. The van der Waals surface area contributed by atoms with E-state index in [1.165, 1.54) is 18.2 Å². The van der Waals surface area contributed by atoms with E-state index in [1.807, 2.05) is 0 Å². The Balaban J connectivity index is 2.23. The molecule has 2 rings (SSSR count). The highest BCUT2D eigenvalue weighted by Gasteiger charge is 2.02. The number of halogens is 2. The summed E-state index contributed by atoms with van der Waals surface area (Å²) in [7, 11) is 0. The molecule has 0 unspecified atom stereocenters. The average molecular weight is 220 g/mol. The Labute approximate surface area is 92.0 Å². The second kappa shape index (κ2) is 4.35. The van der Waals surface area contributed by atoms with E-state index < -0.39 is 0 Å². The Morgan fingerprint density at radius 2 is 1.88 bits per heavy atom. The summed E-state index contributed by atoms with van der Waals surface area (Å²) in [5.41, 5.74) is 1.88. The van der Waals surface area contributed by atoms with Crippen molar-refractivity contribution >= 4 is 0 Å². The van der Waals surface area contributed by atoms with E-state index in [2.05, 4.69) is 9.97 Å². The molecule has 0 atom stereocenters. The number of nitrogens with zero attached hydrogens (tertiary/aromatic N) is 2. The first-order chi connectivity index (χ1) is 7.63. The van der Waals surface area contributed by atoms with Crippen molar-refractivity contribution in [2.24, 2.45) is 0 Å². The Hall–Kier alpha value is -1.84. The van der Waals surface area contributed by atoms with Crippen molar-refractivity contribution in [3.05, 3.63) is 59.2 Å². The standard InChI is InChI=1S/C12H10F2N2/c1-8-4-10(14)5-12(16-8)6-11-3-2-9(13)7-15-11/h2-5,7H,6H2,1H3. The molecule has 0 saturated heterocycles. The number of pyridine rings is 2. The van der Waals surface area contributed by atoms with Gasteiger partial charge in [-0.05, 0) is 31.2 Å². The lowest BCUT2D eigenvalue weighted by molar-refractivity contribution is 0.616. The van der Waals surface area contributed by atoms with E-state index in [0.717, 1.165) is 6.20 Å². The SMILES string of the molecule is Cc1cc(F)cc(Cc2ccc(F)cn2)n1. The summed E-state index contributed by atoms with van der Waals surface area (Å²) in [4.78, 5) is 8.07. The first-order valence-electron chi connectivity index (χ1n) is 4.87. The van der Waals surface area contributed by atoms with E-state index in [4.69, 9.17) is 0 Å². The highest BCUT2D eigenvalue weighted by atomic mass is 19.1. The second-order valence-electron chi connectivity index (χ2n) is 3.56. The van der Waals surface area contributed by atoms with Gasteiger partial charge in [0, 0.05) is 23.5 Å². The number of hydrogen-bond acceptors (Lipinski definition) is 2. The Kier molecular flexibility index (Phi) is 2.90. The summed E-state index contributed by atoms with van der Waals surface area (Å²) in [5.74, 6) is -0.697. The molecule has 2 nitrogen and oxygen atoms in total. The fourth-order valence-electron chi connectivity index (χ4n) is 1.48. The number of hydrogen-bond donors (Lipinski definition) is 0. The van der Waals surface area contributed by atoms with Crippen LogP contribution < -0.4 is 0 Å². The Morgan fingerprint density at radius 1 is 1.06 bits per heavy atom. The highest BCUT2D eigenvalue weighted by molar-refractivity contribution is 5.18. The molecular formula is C12H10F2N2. The van der Waals surface area contributed by atoms with Crippen LogP contribution in [-0.4, -0.2) is 9.97 Å². The van der Waals surface area contributed by atoms with Gasteiger partial charge in [0.25, 0.3) is 0 Å². The highest BCUT2D eigenvalue weighted by Crippen LogP contribution is 2.09. The quantitative estimate of drug-likeness (QED) is 0.777. The molecule has 0 aliphatic rings. The minimum Gasteiger partial charge on any atom is -0.258 e. The van der Waals surface area contributed by atoms with Gasteiger partial charge < -0.3 is 0 Å². The first kappa shape index (κ1) is 10.7. The maximum atomic E-state index is 13.1. The van der Waals surface area contributed by atoms with Gasteiger partial charge in [0.1, 0.15) is 11.6 Å². The number of aryl methyl sites for hydroxylation is 1. The maximum absolute atomic E-state index is 13.1. The summed E-state index contributed by atoms with van der Waals surface area (Å²) >= 11 is 0. The summed E-state index contributed by atoms with van der Waals surface area (Å²) in [5, 5.41) is 0. The van der Waals surface area contributed by atoms with E-state index in [-0.39, 0.29) is 11.6 Å². The van der Waals surface area contributed by atoms with E-state index >= 15 is 0 Å². The van der Waals surface area contributed by atoms with E-state index in [1.54, 1.807) is 13.0 Å². The van der Waals surface area contributed by atoms with Gasteiger partial charge in [-0.1, -0.05) is 0 Å². The molecule has 2 heterocycles. The molecular weight excluding hydrogens is 210 g/mol. The Bertz CT molecular complexity index is 475. The molecule has 0 aliphatic heterocycles. The molecule has 0 fully saturated rings. The summed E-state index contributed by atoms with van der Waals surface area (Å²) in [6, 6.07) is 5.62. The number of aromatic nitrogens is 2. The lowest BCUT2D eigenvalue weighted by Gasteiger charge is -2.02. The maximum Gasteiger partial charge on any atom is 0.141 e. The van der Waals surface area contributed by atoms with Crippen LogP contribution in [0.4, 0.5) is 8.78 Å². The van der Waals surface area contributed by atoms with Gasteiger partial charge in [0.05, 0.1) is 6.20 Å². The van der Waals surface area contributed by atoms with Crippen LogP contribution in [0.15, 0.2) is 30.5 Å². The normalized spacial score (nSPS) is 10.4. The zero-order chi connectivity index (χ0) is 11.5. The topological polar surface area (TPSA) is 25.8 Å². The van der Waals surface area contributed by atoms with Crippen molar-refractivity contribution in [3.8, 4) is 0 Å². The molecule has 0 amide bonds. The van der Waals surface area contributed by atoms with Gasteiger partial charge in [-0.25, -0.2) is 8.78 Å². The van der Waals surface area contributed by atoms with E-state index in [9.17, 15) is 8.78 Å². The van der Waals surface area contributed by atoms with Gasteiger partial charge in [-0.3, -0.25) is 9.97 Å². The Morgan fingerprint density at radius 3 is 2.50 bits per heavy atom. The van der Waals surface area contributed by atoms with Crippen LogP contribution in [0.3, 0.4) is 0 Å². The number of rotatable bonds is 2. The molecule has 0 radical (unpaired) electrons. The molecule has 0 aliphatic carbocycles. The average Bonchev–Trinajstić information content (AvgIpc) is 2.20. The monoisotopic (exact) mass is 220 g/mol. The molecule has 2 aromatic rings. The van der Waals surface area contributed by atoms with Gasteiger partial charge in [0.15, 0.2) is 0 Å². The van der Waals surface area contributed by atoms with Gasteiger partial charge in [0.2, 0.25) is 0 Å². The fraction of sp³-hybridized carbons (Fsp3) is 0.167. The molecule has 0 spiro atoms. The van der Waals surface area contributed by atoms with Crippen molar-refractivity contribution in [3.63, 3.8) is 0 Å². The molecule has 16 heavy (non-hydrogen) atoms. The smallest absolute Gasteiger partial charge is 0.141 e. The molecule has 0 bridgehead atoms. The molecule has 82 valence electrons. The summed E-state index contributed by atoms with van der Waals surface area (Å²) < 4.78 is 25.7. The summed E-state index contributed by atoms with van der Waals surface area (Å²) in [6.07, 6.45) is 1.54. The lowest BCUT2D eigenvalue weighted by Crippen LogP contribution is -1.98. The zero-order valence-corrected chi connectivity index (χ0v) is 8.74. The predicted molar refractivity (Wildman–Crippen MR) is 55.9 cm³/mol. The van der Waals surface area contributed by atoms with Gasteiger partial charge in [-0.15, -0.1) is 0 Å². The zero-order valence-electron chi connectivity index (χ0n) is 8.74. The third kappa shape index (κ3) is 2.59. The van der Waals surface area contributed by atoms with Crippen molar-refractivity contribution in [1.82, 2.24) is 9.97 Å². The van der Waals surface area contributed by atoms with E-state index in [0.29, 0.717) is 23.5 Å². The minimum atomic E-state index is -0.382. The van der Waals surface area contributed by atoms with Crippen LogP contribution in [0.1, 0.15) is 17.1 Å². The molecule has 0 aromatic carbocycles. The lowest BCUT2D eigenvalue weighted by atomic mass is 10.2. The van der Waals surface area contributed by atoms with Crippen LogP contribution in [0, 0.1) is 18.6 Å². The van der Waals surface area contributed by atoms with Crippen molar-refractivity contribution in [2.45, 2.75) is 13.3 Å². The minimum absolute atomic E-state index is 0.315. The molecule has 0 saturated carbocycles. The second-order valence-corrected chi connectivity index (χ2v) is 3.56. The molecule has 2 aromatic heterocycles. The predicted octanol–water partition coefficient (Wildman–Crippen LogP) is 2.65. The third-order valence-corrected chi connectivity index (χ3v) is 2.12. The van der Waals surface area contributed by atoms with Gasteiger partial charge >= 0.3 is 0 Å². The summed E-state index contributed by atoms with van der Waals surface area (Å²) in [6.45, 7) is 1.73. The van der Waals surface area contributed by atoms with Crippen LogP contribution in [0.5, 0.6) is 0 Å². The van der Waals surface area contributed by atoms with Crippen LogP contribution in [0.25, 0.3) is 0 Å². The van der Waals surface area contributed by atoms with Crippen molar-refractivity contribution in [1.29, 1.82) is 0 Å². The molecule has 0 N–H and O–H groups in total. The van der Waals surface area contributed by atoms with Gasteiger partial charge in [-0.2, -0.15) is 0 Å². The first-order valence-corrected chi connectivity index (χ1v) is 4.87. The van der Waals surface area contributed by atoms with Crippen LogP contribution in [0.2, 0.25) is 0 Å². The van der Waals surface area contributed by atoms with Crippen LogP contribution in [-0.2, 0) is 6.42 Å². The van der Waals surface area contributed by atoms with Crippen molar-refractivity contribution in [2.75, 3.05) is 0 Å². The molecule has 4 heteroatoms. The van der Waals surface area contributed by atoms with Crippen LogP contribution >= 0.6 is 0 Å². The fourth-order valence-corrected chi connectivity index (χ4v) is 1.48.